The van der Waals surface area contributed by atoms with E-state index in [-0.39, 0.29) is 12.4 Å². The van der Waals surface area contributed by atoms with Crippen molar-refractivity contribution in [1.29, 1.82) is 0 Å². The van der Waals surface area contributed by atoms with E-state index in [1.54, 1.807) is 0 Å². The van der Waals surface area contributed by atoms with E-state index < -0.39 is 5.67 Å². The molecule has 0 unspecified atom stereocenters. The number of halogens is 2. The van der Waals surface area contributed by atoms with Crippen molar-refractivity contribution in [2.45, 2.75) is 31.5 Å². The Morgan fingerprint density at radius 3 is 2.77 bits per heavy atom. The number of rotatable bonds is 2. The summed E-state index contributed by atoms with van der Waals surface area (Å²) in [5, 5.41) is 3.31. The van der Waals surface area contributed by atoms with Crippen LogP contribution in [-0.4, -0.2) is 42.8 Å². The van der Waals surface area contributed by atoms with Gasteiger partial charge < -0.3 is 5.32 Å². The van der Waals surface area contributed by atoms with Crippen LogP contribution in [0.3, 0.4) is 0 Å². The molecule has 78 valence electrons. The van der Waals surface area contributed by atoms with Gasteiger partial charge in [0.2, 0.25) is 0 Å². The van der Waals surface area contributed by atoms with E-state index in [0.29, 0.717) is 12.6 Å². The van der Waals surface area contributed by atoms with E-state index >= 15 is 0 Å². The predicted octanol–water partition coefficient (Wildman–Crippen LogP) is 1.20. The van der Waals surface area contributed by atoms with Gasteiger partial charge in [0.15, 0.2) is 0 Å². The quantitative estimate of drug-likeness (QED) is 0.734. The van der Waals surface area contributed by atoms with Gasteiger partial charge >= 0.3 is 0 Å². The Kier molecular flexibility index (Phi) is 3.55. The zero-order chi connectivity index (χ0) is 8.60. The Bertz CT molecular complexity index is 173. The van der Waals surface area contributed by atoms with Crippen LogP contribution in [0.1, 0.15) is 19.8 Å². The molecule has 1 N–H and O–H groups in total. The third kappa shape index (κ3) is 2.79. The molecular weight excluding hydrogens is 191 g/mol. The van der Waals surface area contributed by atoms with E-state index in [4.69, 9.17) is 0 Å². The van der Waals surface area contributed by atoms with Crippen LogP contribution in [0.25, 0.3) is 0 Å². The molecule has 1 saturated carbocycles. The van der Waals surface area contributed by atoms with Crippen LogP contribution in [0, 0.1) is 0 Å². The highest BCUT2D eigenvalue weighted by Gasteiger charge is 2.45. The lowest BCUT2D eigenvalue weighted by Crippen LogP contribution is -2.51. The van der Waals surface area contributed by atoms with Crippen molar-refractivity contribution >= 4 is 12.4 Å². The number of hydrogen-bond donors (Lipinski definition) is 1. The van der Waals surface area contributed by atoms with Gasteiger partial charge in [0.05, 0.1) is 0 Å². The fourth-order valence-electron chi connectivity index (χ4n) is 1.78. The molecule has 0 amide bonds. The molecule has 0 aromatic rings. The van der Waals surface area contributed by atoms with Crippen molar-refractivity contribution in [2.75, 3.05) is 26.2 Å². The fourth-order valence-corrected chi connectivity index (χ4v) is 1.78. The second kappa shape index (κ2) is 4.11. The largest absolute Gasteiger partial charge is 0.314 e. The lowest BCUT2D eigenvalue weighted by atomic mass is 10.2. The highest BCUT2D eigenvalue weighted by molar-refractivity contribution is 5.85. The number of piperazine rings is 1. The average Bonchev–Trinajstić information content (AvgIpc) is 2.74. The molecular formula is C9H18ClFN2. The monoisotopic (exact) mass is 208 g/mol. The number of nitrogens with one attached hydrogen (secondary N) is 1. The second-order valence-corrected chi connectivity index (χ2v) is 4.17. The first-order valence-electron chi connectivity index (χ1n) is 4.83. The number of alkyl halides is 1. The third-order valence-electron chi connectivity index (χ3n) is 2.92. The molecule has 1 saturated heterocycles. The van der Waals surface area contributed by atoms with Crippen molar-refractivity contribution in [3.8, 4) is 0 Å². The molecule has 1 heterocycles. The molecule has 0 aromatic carbocycles. The summed E-state index contributed by atoms with van der Waals surface area (Å²) in [4.78, 5) is 2.27. The molecule has 1 atom stereocenters. The molecule has 2 aliphatic rings. The zero-order valence-electron chi connectivity index (χ0n) is 8.05. The Labute approximate surface area is 85.3 Å². The summed E-state index contributed by atoms with van der Waals surface area (Å²) < 4.78 is 13.4. The third-order valence-corrected chi connectivity index (χ3v) is 2.92. The van der Waals surface area contributed by atoms with Gasteiger partial charge in [-0.25, -0.2) is 4.39 Å². The Balaban J connectivity index is 0.000000845. The van der Waals surface area contributed by atoms with Crippen LogP contribution in [0.4, 0.5) is 4.39 Å². The number of hydrogen-bond acceptors (Lipinski definition) is 2. The van der Waals surface area contributed by atoms with E-state index in [1.165, 1.54) is 0 Å². The maximum atomic E-state index is 13.4. The van der Waals surface area contributed by atoms with Crippen LogP contribution in [0.5, 0.6) is 0 Å². The normalized spacial score (nSPS) is 32.3. The van der Waals surface area contributed by atoms with Crippen LogP contribution < -0.4 is 5.32 Å². The highest BCUT2D eigenvalue weighted by atomic mass is 35.5. The Morgan fingerprint density at radius 1 is 1.54 bits per heavy atom. The van der Waals surface area contributed by atoms with Gasteiger partial charge in [-0.1, -0.05) is 0 Å². The second-order valence-electron chi connectivity index (χ2n) is 4.17. The minimum atomic E-state index is -0.814. The minimum absolute atomic E-state index is 0. The lowest BCUT2D eigenvalue weighted by Gasteiger charge is -2.34. The minimum Gasteiger partial charge on any atom is -0.314 e. The molecule has 2 nitrogen and oxygen atoms in total. The SMILES string of the molecule is C[C@@H]1CNCCN1CC1(F)CC1.Cl. The summed E-state index contributed by atoms with van der Waals surface area (Å²) in [5.41, 5.74) is -0.814. The molecule has 2 rings (SSSR count). The van der Waals surface area contributed by atoms with E-state index in [9.17, 15) is 4.39 Å². The van der Waals surface area contributed by atoms with Crippen LogP contribution >= 0.6 is 12.4 Å². The predicted molar refractivity (Wildman–Crippen MR) is 54.2 cm³/mol. The molecule has 0 spiro atoms. The summed E-state index contributed by atoms with van der Waals surface area (Å²) in [6.07, 6.45) is 1.56. The Morgan fingerprint density at radius 2 is 2.23 bits per heavy atom. The molecule has 0 bridgehead atoms. The van der Waals surface area contributed by atoms with Crippen molar-refractivity contribution in [1.82, 2.24) is 10.2 Å². The van der Waals surface area contributed by atoms with Gasteiger partial charge in [-0.15, -0.1) is 12.4 Å². The van der Waals surface area contributed by atoms with E-state index in [0.717, 1.165) is 32.5 Å². The molecule has 1 aliphatic heterocycles. The maximum Gasteiger partial charge on any atom is 0.123 e. The smallest absolute Gasteiger partial charge is 0.123 e. The van der Waals surface area contributed by atoms with Gasteiger partial charge in [-0.05, 0) is 19.8 Å². The first-order chi connectivity index (χ1) is 5.70. The topological polar surface area (TPSA) is 15.3 Å². The Hall–Kier alpha value is 0.140. The fraction of sp³-hybridized carbons (Fsp3) is 1.00. The summed E-state index contributed by atoms with van der Waals surface area (Å²) in [7, 11) is 0. The van der Waals surface area contributed by atoms with Gasteiger partial charge in [0, 0.05) is 32.2 Å². The molecule has 2 fully saturated rings. The standard InChI is InChI=1S/C9H17FN2.ClH/c1-8-6-11-4-5-12(8)7-9(10)2-3-9;/h8,11H,2-7H2,1H3;1H/t8-;/m1./s1. The van der Waals surface area contributed by atoms with Crippen molar-refractivity contribution in [3.05, 3.63) is 0 Å². The van der Waals surface area contributed by atoms with Gasteiger partial charge in [0.1, 0.15) is 5.67 Å². The van der Waals surface area contributed by atoms with Crippen LogP contribution in [0.2, 0.25) is 0 Å². The van der Waals surface area contributed by atoms with Gasteiger partial charge in [-0.3, -0.25) is 4.90 Å². The maximum absolute atomic E-state index is 13.4. The summed E-state index contributed by atoms with van der Waals surface area (Å²) in [6, 6.07) is 0.506. The number of nitrogens with zero attached hydrogens (tertiary/aromatic N) is 1. The summed E-state index contributed by atoms with van der Waals surface area (Å²) in [6.45, 7) is 5.86. The van der Waals surface area contributed by atoms with Gasteiger partial charge in [0.25, 0.3) is 0 Å². The highest BCUT2D eigenvalue weighted by Crippen LogP contribution is 2.40. The van der Waals surface area contributed by atoms with Crippen LogP contribution in [-0.2, 0) is 0 Å². The first-order valence-corrected chi connectivity index (χ1v) is 4.83. The molecule has 4 heteroatoms. The lowest BCUT2D eigenvalue weighted by molar-refractivity contribution is 0.118. The summed E-state index contributed by atoms with van der Waals surface area (Å²) >= 11 is 0. The van der Waals surface area contributed by atoms with Crippen molar-refractivity contribution in [2.24, 2.45) is 0 Å². The van der Waals surface area contributed by atoms with Gasteiger partial charge in [-0.2, -0.15) is 0 Å². The zero-order valence-corrected chi connectivity index (χ0v) is 8.87. The molecule has 0 aromatic heterocycles. The van der Waals surface area contributed by atoms with E-state index in [1.807, 2.05) is 0 Å². The van der Waals surface area contributed by atoms with Crippen LogP contribution in [0.15, 0.2) is 0 Å². The molecule has 1 aliphatic carbocycles. The first kappa shape index (κ1) is 11.2. The molecule has 0 radical (unpaired) electrons. The molecule has 13 heavy (non-hydrogen) atoms. The van der Waals surface area contributed by atoms with Crippen molar-refractivity contribution < 1.29 is 4.39 Å². The van der Waals surface area contributed by atoms with Crippen molar-refractivity contribution in [3.63, 3.8) is 0 Å². The summed E-state index contributed by atoms with van der Waals surface area (Å²) in [5.74, 6) is 0. The van der Waals surface area contributed by atoms with E-state index in [2.05, 4.69) is 17.1 Å². The average molecular weight is 209 g/mol.